The predicted octanol–water partition coefficient (Wildman–Crippen LogP) is 3.36. The molecule has 2 heterocycles. The van der Waals surface area contributed by atoms with Gasteiger partial charge in [0.1, 0.15) is 0 Å². The number of carbonyl (C=O) groups excluding carboxylic acids is 1. The lowest BCUT2D eigenvalue weighted by atomic mass is 9.91. The molecule has 2 aromatic heterocycles. The number of para-hydroxylation sites is 1. The van der Waals surface area contributed by atoms with Crippen LogP contribution in [0.5, 0.6) is 0 Å². The third kappa shape index (κ3) is 3.53. The zero-order chi connectivity index (χ0) is 18.6. The molecule has 0 saturated heterocycles. The molecule has 2 aromatic carbocycles. The van der Waals surface area contributed by atoms with Crippen LogP contribution >= 0.6 is 0 Å². The van der Waals surface area contributed by atoms with E-state index in [1.54, 1.807) is 0 Å². The molecule has 4 aromatic rings. The molecule has 0 aliphatic rings. The number of H-pyrrole nitrogens is 1. The molecule has 134 valence electrons. The number of pyridine rings is 1. The van der Waals surface area contributed by atoms with Crippen molar-refractivity contribution in [3.05, 3.63) is 107 Å². The second-order valence-corrected chi connectivity index (χ2v) is 6.41. The number of fused-ring (bicyclic) bond motifs is 1. The monoisotopic (exact) mass is 357 g/mol. The average molecular weight is 357 g/mol. The SMILES string of the molecule is O=C(NCC(c1ccccc1)c1c[nH]c2ccccc12)c1cc[n+]([O-])cc1. The van der Waals surface area contributed by atoms with Gasteiger partial charge in [0, 0.05) is 41.7 Å². The third-order valence-corrected chi connectivity index (χ3v) is 4.73. The molecule has 1 unspecified atom stereocenters. The van der Waals surface area contributed by atoms with Crippen LogP contribution in [0.2, 0.25) is 0 Å². The van der Waals surface area contributed by atoms with E-state index in [0.717, 1.165) is 22.0 Å². The number of amides is 1. The Balaban J connectivity index is 1.63. The van der Waals surface area contributed by atoms with Crippen molar-refractivity contribution in [2.24, 2.45) is 0 Å². The minimum absolute atomic E-state index is 0.0134. The number of hydrogen-bond donors (Lipinski definition) is 2. The van der Waals surface area contributed by atoms with Crippen LogP contribution in [0.1, 0.15) is 27.4 Å². The topological polar surface area (TPSA) is 71.8 Å². The minimum atomic E-state index is -0.198. The summed E-state index contributed by atoms with van der Waals surface area (Å²) in [4.78, 5) is 15.8. The van der Waals surface area contributed by atoms with Crippen LogP contribution in [0.3, 0.4) is 0 Å². The minimum Gasteiger partial charge on any atom is -0.619 e. The van der Waals surface area contributed by atoms with Crippen LogP contribution in [0.15, 0.2) is 85.3 Å². The molecular formula is C22H19N3O2. The van der Waals surface area contributed by atoms with E-state index in [2.05, 4.69) is 28.5 Å². The van der Waals surface area contributed by atoms with Gasteiger partial charge in [-0.3, -0.25) is 4.79 Å². The fourth-order valence-electron chi connectivity index (χ4n) is 3.34. The van der Waals surface area contributed by atoms with Gasteiger partial charge in [-0.1, -0.05) is 48.5 Å². The van der Waals surface area contributed by atoms with E-state index in [1.165, 1.54) is 24.5 Å². The number of nitrogens with one attached hydrogen (secondary N) is 2. The van der Waals surface area contributed by atoms with Crippen LogP contribution in [0.25, 0.3) is 10.9 Å². The van der Waals surface area contributed by atoms with Gasteiger partial charge in [-0.05, 0) is 17.2 Å². The Bertz CT molecular complexity index is 1060. The number of hydrogen-bond acceptors (Lipinski definition) is 2. The van der Waals surface area contributed by atoms with Gasteiger partial charge in [-0.2, -0.15) is 4.73 Å². The molecule has 0 radical (unpaired) electrons. The summed E-state index contributed by atoms with van der Waals surface area (Å²) >= 11 is 0. The van der Waals surface area contributed by atoms with Crippen molar-refractivity contribution in [2.45, 2.75) is 5.92 Å². The fraction of sp³-hybridized carbons (Fsp3) is 0.0909. The van der Waals surface area contributed by atoms with Crippen LogP contribution in [0, 0.1) is 5.21 Å². The second kappa shape index (κ2) is 7.33. The number of nitrogens with zero attached hydrogens (tertiary/aromatic N) is 1. The first-order valence-electron chi connectivity index (χ1n) is 8.80. The molecule has 0 fully saturated rings. The lowest BCUT2D eigenvalue weighted by molar-refractivity contribution is -0.605. The van der Waals surface area contributed by atoms with Crippen molar-refractivity contribution in [2.75, 3.05) is 6.54 Å². The maximum Gasteiger partial charge on any atom is 0.251 e. The first-order chi connectivity index (χ1) is 13.2. The van der Waals surface area contributed by atoms with Gasteiger partial charge in [0.05, 0.1) is 5.56 Å². The van der Waals surface area contributed by atoms with Gasteiger partial charge < -0.3 is 15.5 Å². The van der Waals surface area contributed by atoms with E-state index in [9.17, 15) is 10.0 Å². The molecule has 4 rings (SSSR count). The Labute approximate surface area is 156 Å². The molecule has 5 nitrogen and oxygen atoms in total. The summed E-state index contributed by atoms with van der Waals surface area (Å²) in [6, 6.07) is 21.3. The Kier molecular flexibility index (Phi) is 4.58. The van der Waals surface area contributed by atoms with E-state index >= 15 is 0 Å². The van der Waals surface area contributed by atoms with Crippen molar-refractivity contribution >= 4 is 16.8 Å². The van der Waals surface area contributed by atoms with Gasteiger partial charge in [-0.25, -0.2) is 0 Å². The maximum absolute atomic E-state index is 12.5. The second-order valence-electron chi connectivity index (χ2n) is 6.41. The molecule has 0 saturated carbocycles. The molecule has 0 spiro atoms. The van der Waals surface area contributed by atoms with Crippen LogP contribution in [-0.4, -0.2) is 17.4 Å². The highest BCUT2D eigenvalue weighted by molar-refractivity contribution is 5.94. The summed E-state index contributed by atoms with van der Waals surface area (Å²) < 4.78 is 0.662. The zero-order valence-corrected chi connectivity index (χ0v) is 14.6. The number of carbonyl (C=O) groups is 1. The van der Waals surface area contributed by atoms with E-state index in [-0.39, 0.29) is 11.8 Å². The molecule has 0 aliphatic carbocycles. The average Bonchev–Trinajstić information content (AvgIpc) is 3.13. The zero-order valence-electron chi connectivity index (χ0n) is 14.6. The number of aromatic amines is 1. The number of benzene rings is 2. The summed E-state index contributed by atoms with van der Waals surface area (Å²) in [5.41, 5.74) is 3.81. The Morgan fingerprint density at radius 2 is 1.70 bits per heavy atom. The first-order valence-corrected chi connectivity index (χ1v) is 8.80. The smallest absolute Gasteiger partial charge is 0.251 e. The van der Waals surface area contributed by atoms with E-state index < -0.39 is 0 Å². The summed E-state index contributed by atoms with van der Waals surface area (Å²) in [7, 11) is 0. The molecule has 0 aliphatic heterocycles. The molecule has 1 amide bonds. The highest BCUT2D eigenvalue weighted by atomic mass is 16.5. The maximum atomic E-state index is 12.5. The quantitative estimate of drug-likeness (QED) is 0.425. The molecule has 0 bridgehead atoms. The Hall–Kier alpha value is -3.60. The summed E-state index contributed by atoms with van der Waals surface area (Å²) in [5, 5.41) is 15.3. The Morgan fingerprint density at radius 3 is 2.48 bits per heavy atom. The number of rotatable bonds is 5. The molecule has 5 heteroatoms. The molecule has 27 heavy (non-hydrogen) atoms. The first kappa shape index (κ1) is 16.8. The van der Waals surface area contributed by atoms with Crippen molar-refractivity contribution < 1.29 is 9.52 Å². The van der Waals surface area contributed by atoms with Gasteiger partial charge >= 0.3 is 0 Å². The van der Waals surface area contributed by atoms with Crippen LogP contribution in [-0.2, 0) is 0 Å². The summed E-state index contributed by atoms with van der Waals surface area (Å²) in [6.45, 7) is 0.455. The van der Waals surface area contributed by atoms with Crippen molar-refractivity contribution in [1.82, 2.24) is 10.3 Å². The van der Waals surface area contributed by atoms with Crippen LogP contribution in [0.4, 0.5) is 0 Å². The standard InChI is InChI=1S/C22H19N3O2/c26-22(17-10-12-25(27)13-11-17)24-14-19(16-6-2-1-3-7-16)20-15-23-21-9-5-4-8-18(20)21/h1-13,15,19,23H,14H2,(H,24,26). The van der Waals surface area contributed by atoms with Gasteiger partial charge in [0.25, 0.3) is 5.91 Å². The lowest BCUT2D eigenvalue weighted by Crippen LogP contribution is -2.30. The lowest BCUT2D eigenvalue weighted by Gasteiger charge is -2.18. The molecular weight excluding hydrogens is 338 g/mol. The predicted molar refractivity (Wildman–Crippen MR) is 104 cm³/mol. The van der Waals surface area contributed by atoms with Crippen molar-refractivity contribution in [1.29, 1.82) is 0 Å². The van der Waals surface area contributed by atoms with Gasteiger partial charge in [0.2, 0.25) is 0 Å². The third-order valence-electron chi connectivity index (χ3n) is 4.73. The molecule has 2 N–H and O–H groups in total. The molecule has 1 atom stereocenters. The highest BCUT2D eigenvalue weighted by Crippen LogP contribution is 2.30. The fourth-order valence-corrected chi connectivity index (χ4v) is 3.34. The number of aromatic nitrogens is 2. The van der Waals surface area contributed by atoms with E-state index in [1.807, 2.05) is 42.6 Å². The largest absolute Gasteiger partial charge is 0.619 e. The van der Waals surface area contributed by atoms with Gasteiger partial charge in [-0.15, -0.1) is 0 Å². The van der Waals surface area contributed by atoms with E-state index in [0.29, 0.717) is 16.8 Å². The summed E-state index contributed by atoms with van der Waals surface area (Å²) in [5.74, 6) is -0.184. The van der Waals surface area contributed by atoms with Gasteiger partial charge in [0.15, 0.2) is 12.4 Å². The van der Waals surface area contributed by atoms with Crippen molar-refractivity contribution in [3.63, 3.8) is 0 Å². The van der Waals surface area contributed by atoms with E-state index in [4.69, 9.17) is 0 Å². The summed E-state index contributed by atoms with van der Waals surface area (Å²) in [6.07, 6.45) is 4.66. The highest BCUT2D eigenvalue weighted by Gasteiger charge is 2.19. The van der Waals surface area contributed by atoms with Crippen LogP contribution < -0.4 is 10.0 Å². The normalized spacial score (nSPS) is 12.0. The Morgan fingerprint density at radius 1 is 1.00 bits per heavy atom. The van der Waals surface area contributed by atoms with Crippen molar-refractivity contribution in [3.8, 4) is 0 Å².